The molecule has 85 heavy (non-hydrogen) atoms. The number of hydrogen-bond acceptors (Lipinski definition) is 27. The van der Waals surface area contributed by atoms with E-state index in [0.717, 1.165) is 12.0 Å². The second-order valence-electron chi connectivity index (χ2n) is 26.6. The van der Waals surface area contributed by atoms with Gasteiger partial charge in [-0.15, -0.1) is 0 Å². The molecule has 9 aliphatic rings. The molecule has 0 radical (unpaired) electrons. The molecule has 0 aromatic heterocycles. The second-order valence-corrected chi connectivity index (χ2v) is 27.6. The van der Waals surface area contributed by atoms with Crippen molar-refractivity contribution < 1.29 is 160 Å². The van der Waals surface area contributed by atoms with Gasteiger partial charge < -0.3 is 113 Å². The van der Waals surface area contributed by atoms with Gasteiger partial charge in [-0.3, -0.25) is 8.98 Å². The molecule has 5 heterocycles. The van der Waals surface area contributed by atoms with Crippen LogP contribution in [0.2, 0.25) is 0 Å². The number of ketones is 1. The standard InChI is InChI=1S/C56H92O27S.Na/c1-21(2)16-26(57)19-56(9,69)34-11-10-29-28-18-32(31-17-27(83-84(70,71)72)12-14-54(31,7)30(28)13-15-55(29,34)8)78-51-45(68)46(38(61)25(6)76-51)80-52-47(81-49-43(66)40(63)35(58)22(3)74-49)39(62)33(20-73-52)79-53-48(42(65)37(60)24(5)77-53)82-50-44(67)41(64)36(59)23(4)75-50;/h13,21-25,27-29,31-53,58-69H,10-12,14-20H2,1-9H3,(H,70,71,72);/q;+1/p-1/t22?,23?,24?,25?,27-,28?,29?,31?,32-,33?,34-,35?,36?,37?,38?,39?,40?,41?,42?,43?,44?,45?,46?,47?,48?,49?,50?,51?,52?,53?,54+,55-,56?;/m0./s1. The summed E-state index contributed by atoms with van der Waals surface area (Å²) in [5, 5.41) is 135. The maximum atomic E-state index is 13.2. The van der Waals surface area contributed by atoms with Gasteiger partial charge in [0.2, 0.25) is 10.4 Å². The van der Waals surface area contributed by atoms with Crippen LogP contribution in [0.1, 0.15) is 120 Å². The van der Waals surface area contributed by atoms with E-state index in [1.807, 2.05) is 13.8 Å². The number of carbonyl (C=O) groups is 1. The van der Waals surface area contributed by atoms with Crippen molar-refractivity contribution in [2.75, 3.05) is 6.61 Å². The molecule has 28 unspecified atom stereocenters. The van der Waals surface area contributed by atoms with Crippen LogP contribution >= 0.6 is 0 Å². The first kappa shape index (κ1) is 70.3. The summed E-state index contributed by atoms with van der Waals surface area (Å²) in [6, 6.07) is 0. The van der Waals surface area contributed by atoms with E-state index in [9.17, 15) is 79.0 Å². The Labute approximate surface area is 517 Å². The van der Waals surface area contributed by atoms with Crippen molar-refractivity contribution in [3.8, 4) is 0 Å². The molecule has 484 valence electrons. The van der Waals surface area contributed by atoms with Gasteiger partial charge in [0, 0.05) is 12.8 Å². The molecule has 4 aliphatic carbocycles. The molecule has 0 aromatic carbocycles. The zero-order valence-corrected chi connectivity index (χ0v) is 52.8. The Morgan fingerprint density at radius 1 is 0.635 bits per heavy atom. The second kappa shape index (κ2) is 27.2. The molecule has 9 rings (SSSR count). The van der Waals surface area contributed by atoms with Crippen LogP contribution in [0.25, 0.3) is 0 Å². The molecule has 3 saturated carbocycles. The van der Waals surface area contributed by atoms with Gasteiger partial charge in [0.15, 0.2) is 31.5 Å². The quantitative estimate of drug-likeness (QED) is 0.0281. The fourth-order valence-corrected chi connectivity index (χ4v) is 16.2. The van der Waals surface area contributed by atoms with Crippen molar-refractivity contribution in [1.29, 1.82) is 0 Å². The number of hydrogen-bond donors (Lipinski definition) is 12. The summed E-state index contributed by atoms with van der Waals surface area (Å²) in [7, 11) is -5.12. The third kappa shape index (κ3) is 14.2. The first-order valence-corrected chi connectivity index (χ1v) is 31.1. The predicted molar refractivity (Wildman–Crippen MR) is 282 cm³/mol. The molecule has 33 atom stereocenters. The van der Waals surface area contributed by atoms with Crippen LogP contribution in [-0.2, 0) is 66.7 Å². The van der Waals surface area contributed by atoms with E-state index in [4.69, 9.17) is 51.6 Å². The van der Waals surface area contributed by atoms with Gasteiger partial charge in [0.1, 0.15) is 97.3 Å². The number of rotatable bonds is 17. The smallest absolute Gasteiger partial charge is 0.726 e. The zero-order valence-electron chi connectivity index (χ0n) is 49.9. The van der Waals surface area contributed by atoms with Crippen LogP contribution in [0, 0.1) is 40.4 Å². The van der Waals surface area contributed by atoms with Gasteiger partial charge in [-0.2, -0.15) is 0 Å². The van der Waals surface area contributed by atoms with Gasteiger partial charge in [-0.25, -0.2) is 8.42 Å². The molecule has 12 N–H and O–H groups in total. The number of ether oxygens (including phenoxy) is 10. The summed E-state index contributed by atoms with van der Waals surface area (Å²) in [5.74, 6) is -0.803. The Bertz CT molecular complexity index is 2410. The van der Waals surface area contributed by atoms with Crippen molar-refractivity contribution in [1.82, 2.24) is 0 Å². The van der Waals surface area contributed by atoms with Crippen LogP contribution in [0.4, 0.5) is 0 Å². The molecule has 5 aliphatic heterocycles. The summed E-state index contributed by atoms with van der Waals surface area (Å²) in [4.78, 5) is 13.2. The van der Waals surface area contributed by atoms with Crippen molar-refractivity contribution in [2.24, 2.45) is 40.4 Å². The Balaban J connectivity index is 0.00000940. The Morgan fingerprint density at radius 3 is 1.71 bits per heavy atom. The third-order valence-corrected chi connectivity index (χ3v) is 20.8. The number of aliphatic hydroxyl groups is 12. The van der Waals surface area contributed by atoms with Gasteiger partial charge >= 0.3 is 29.6 Å². The number of aliphatic hydroxyl groups excluding tert-OH is 11. The fraction of sp³-hybridized carbons (Fsp3) is 0.946. The fourth-order valence-electron chi connectivity index (χ4n) is 15.7. The molecule has 0 spiro atoms. The van der Waals surface area contributed by atoms with Crippen LogP contribution in [0.15, 0.2) is 11.6 Å². The van der Waals surface area contributed by atoms with Crippen LogP contribution < -0.4 is 29.6 Å². The minimum Gasteiger partial charge on any atom is -0.726 e. The first-order chi connectivity index (χ1) is 39.1. The van der Waals surface area contributed by atoms with Crippen molar-refractivity contribution in [2.45, 2.75) is 285 Å². The minimum absolute atomic E-state index is 0. The normalized spacial score (nSPS) is 51.1. The maximum Gasteiger partial charge on any atom is 1.00 e. The van der Waals surface area contributed by atoms with E-state index >= 15 is 0 Å². The van der Waals surface area contributed by atoms with Gasteiger partial charge in [-0.05, 0) is 120 Å². The predicted octanol–water partition coefficient (Wildman–Crippen LogP) is -4.99. The number of carbonyl (C=O) groups excluding carboxylic acids is 1. The molecule has 27 nitrogen and oxygen atoms in total. The van der Waals surface area contributed by atoms with E-state index in [2.05, 4.69) is 19.9 Å². The minimum atomic E-state index is -5.12. The Morgan fingerprint density at radius 2 is 1.14 bits per heavy atom. The number of fused-ring (bicyclic) bond motifs is 5. The van der Waals surface area contributed by atoms with E-state index in [1.165, 1.54) is 27.7 Å². The summed E-state index contributed by atoms with van der Waals surface area (Å²) < 4.78 is 102. The van der Waals surface area contributed by atoms with Gasteiger partial charge in [0.25, 0.3) is 0 Å². The molecule has 5 saturated heterocycles. The largest absolute Gasteiger partial charge is 1.00 e. The molecule has 0 amide bonds. The maximum absolute atomic E-state index is 13.2. The molecular formula is C56H91NaO27S. The van der Waals surface area contributed by atoms with E-state index < -0.39 is 199 Å². The van der Waals surface area contributed by atoms with Crippen LogP contribution in [-0.4, -0.2) is 252 Å². The topological polar surface area (TPSA) is 419 Å². The first-order valence-electron chi connectivity index (χ1n) is 29.7. The number of Topliss-reactive ketones (excluding diaryl/α,β-unsaturated/α-hetero) is 1. The van der Waals surface area contributed by atoms with Crippen molar-refractivity contribution in [3.63, 3.8) is 0 Å². The Kier molecular flexibility index (Phi) is 22.5. The molecule has 29 heteroatoms. The molecular weight excluding hydrogens is 1160 g/mol. The summed E-state index contributed by atoms with van der Waals surface area (Å²) in [6.07, 6.45) is -35.6. The Hall–Kier alpha value is -0.600. The van der Waals surface area contributed by atoms with Crippen molar-refractivity contribution >= 4 is 16.2 Å². The van der Waals surface area contributed by atoms with E-state index in [1.54, 1.807) is 6.92 Å². The molecule has 0 bridgehead atoms. The zero-order chi connectivity index (χ0) is 61.6. The summed E-state index contributed by atoms with van der Waals surface area (Å²) >= 11 is 0. The van der Waals surface area contributed by atoms with Crippen molar-refractivity contribution in [3.05, 3.63) is 11.6 Å². The SMILES string of the molecule is CC(C)CC(=O)CC(C)(O)[C@H]1CCC2C3C[C@H](OC4OC(C)C(O)C(OC5OCC(OC6OC(C)C(O)C(O)C6OC6OC(C)C(O)C(O)C6O)C(O)C5OC5OC(C)C(O)C(O)C5O)C4O)C4C[C@@H](OS(=O)(=O)[O-])CC[C@]4(C)C3=CC[C@@]21C.[Na+]. The van der Waals surface area contributed by atoms with Gasteiger partial charge in [-0.1, -0.05) is 39.3 Å². The van der Waals surface area contributed by atoms with Crippen LogP contribution in [0.3, 0.4) is 0 Å². The monoisotopic (exact) mass is 1250 g/mol. The van der Waals surface area contributed by atoms with Gasteiger partial charge in [0.05, 0.1) is 48.8 Å². The summed E-state index contributed by atoms with van der Waals surface area (Å²) in [6.45, 7) is 15.0. The average Bonchev–Trinajstić information content (AvgIpc) is 1.74. The van der Waals surface area contributed by atoms with E-state index in [0.29, 0.717) is 32.1 Å². The van der Waals surface area contributed by atoms with E-state index in [-0.39, 0.29) is 78.3 Å². The average molecular weight is 1250 g/mol. The number of allylic oxidation sites excluding steroid dienone is 2. The summed E-state index contributed by atoms with van der Waals surface area (Å²) in [5.41, 5.74) is -1.27. The molecule has 8 fully saturated rings. The van der Waals surface area contributed by atoms with Crippen LogP contribution in [0.5, 0.6) is 0 Å². The molecule has 0 aromatic rings. The third-order valence-electron chi connectivity index (χ3n) is 20.3.